The number of hydrogen-bond acceptors (Lipinski definition) is 3. The van der Waals surface area contributed by atoms with Crippen LogP contribution in [0.25, 0.3) is 0 Å². The van der Waals surface area contributed by atoms with E-state index in [4.69, 9.17) is 0 Å². The first-order valence-corrected chi connectivity index (χ1v) is 6.95. The molecule has 3 rings (SSSR count). The van der Waals surface area contributed by atoms with Crippen molar-refractivity contribution in [3.8, 4) is 0 Å². The lowest BCUT2D eigenvalue weighted by Gasteiger charge is -2.23. The smallest absolute Gasteiger partial charge is 0.226 e. The molecule has 0 aliphatic carbocycles. The number of nitrogens with zero attached hydrogens (tertiary/aromatic N) is 2. The lowest BCUT2D eigenvalue weighted by molar-refractivity contribution is -0.116. The van der Waals surface area contributed by atoms with Crippen molar-refractivity contribution < 1.29 is 4.79 Å². The highest BCUT2D eigenvalue weighted by atomic mass is 32.1. The minimum atomic E-state index is 0.0725. The summed E-state index contributed by atoms with van der Waals surface area (Å²) in [7, 11) is 0. The van der Waals surface area contributed by atoms with Crippen molar-refractivity contribution in [2.75, 3.05) is 5.32 Å². The van der Waals surface area contributed by atoms with Crippen molar-refractivity contribution >= 4 is 23.1 Å². The van der Waals surface area contributed by atoms with Gasteiger partial charge in [0.15, 0.2) is 0 Å². The zero-order valence-corrected chi connectivity index (χ0v) is 11.2. The molecule has 0 unspecified atom stereocenters. The summed E-state index contributed by atoms with van der Waals surface area (Å²) in [6.07, 6.45) is 2.40. The van der Waals surface area contributed by atoms with Crippen LogP contribution in [0.15, 0.2) is 23.7 Å². The molecule has 0 saturated carbocycles. The fourth-order valence-corrected chi connectivity index (χ4v) is 3.22. The van der Waals surface area contributed by atoms with Gasteiger partial charge in [-0.05, 0) is 25.3 Å². The Balaban J connectivity index is 2.09. The molecule has 0 radical (unpaired) electrons. The van der Waals surface area contributed by atoms with E-state index < -0.39 is 0 Å². The van der Waals surface area contributed by atoms with Crippen molar-refractivity contribution in [3.63, 3.8) is 0 Å². The van der Waals surface area contributed by atoms with Crippen LogP contribution in [0.3, 0.4) is 0 Å². The molecular weight excluding hydrogens is 246 g/mol. The monoisotopic (exact) mass is 261 g/mol. The summed E-state index contributed by atoms with van der Waals surface area (Å²) >= 11 is 1.70. The largest absolute Gasteiger partial charge is 0.311 e. The number of rotatable bonds is 2. The van der Waals surface area contributed by atoms with Gasteiger partial charge in [-0.1, -0.05) is 6.07 Å². The van der Waals surface area contributed by atoms with Gasteiger partial charge in [-0.25, -0.2) is 4.68 Å². The number of carbonyl (C=O) groups is 1. The van der Waals surface area contributed by atoms with Crippen LogP contribution in [0.1, 0.15) is 42.7 Å². The van der Waals surface area contributed by atoms with Gasteiger partial charge in [-0.3, -0.25) is 4.79 Å². The van der Waals surface area contributed by atoms with Crippen LogP contribution in [0.4, 0.5) is 5.82 Å². The Bertz CT molecular complexity index is 571. The maximum absolute atomic E-state index is 11.9. The van der Waals surface area contributed by atoms with E-state index in [1.165, 1.54) is 4.88 Å². The van der Waals surface area contributed by atoms with Crippen LogP contribution in [0.5, 0.6) is 0 Å². The maximum atomic E-state index is 11.9. The van der Waals surface area contributed by atoms with Crippen LogP contribution in [-0.4, -0.2) is 15.7 Å². The Morgan fingerprint density at radius 3 is 3.06 bits per heavy atom. The number of fused-ring (bicyclic) bond motifs is 1. The van der Waals surface area contributed by atoms with E-state index in [9.17, 15) is 4.79 Å². The number of anilines is 1. The zero-order valence-electron chi connectivity index (χ0n) is 10.4. The number of hydrogen-bond donors (Lipinski definition) is 1. The molecule has 3 heterocycles. The standard InChI is InChI=1S/C13H15N3OS/c1-8(2)16-13-10(7-14-16)9(6-12(17)15-13)11-4-3-5-18-11/h3-5,7-9H,6H2,1-2H3,(H,15,17)/t9-/m0/s1. The van der Waals surface area contributed by atoms with Crippen LogP contribution in [-0.2, 0) is 4.79 Å². The molecule has 4 nitrogen and oxygen atoms in total. The predicted molar refractivity (Wildman–Crippen MR) is 72.0 cm³/mol. The van der Waals surface area contributed by atoms with E-state index in [0.29, 0.717) is 6.42 Å². The molecule has 5 heteroatoms. The number of thiophene rings is 1. The summed E-state index contributed by atoms with van der Waals surface area (Å²) in [5.41, 5.74) is 1.13. The molecule has 1 atom stereocenters. The lowest BCUT2D eigenvalue weighted by Crippen LogP contribution is -2.24. The Morgan fingerprint density at radius 2 is 2.39 bits per heavy atom. The van der Waals surface area contributed by atoms with E-state index >= 15 is 0 Å². The average Bonchev–Trinajstić information content (AvgIpc) is 2.96. The first-order valence-electron chi connectivity index (χ1n) is 6.07. The molecule has 0 fully saturated rings. The molecule has 94 valence electrons. The van der Waals surface area contributed by atoms with Crippen molar-refractivity contribution in [2.24, 2.45) is 0 Å². The number of aromatic nitrogens is 2. The molecule has 1 aliphatic heterocycles. The van der Waals surface area contributed by atoms with E-state index in [1.807, 2.05) is 22.3 Å². The molecular formula is C13H15N3OS. The Morgan fingerprint density at radius 1 is 1.56 bits per heavy atom. The maximum Gasteiger partial charge on any atom is 0.226 e. The molecule has 1 amide bonds. The van der Waals surface area contributed by atoms with Gasteiger partial charge in [0, 0.05) is 28.8 Å². The van der Waals surface area contributed by atoms with Crippen molar-refractivity contribution in [2.45, 2.75) is 32.2 Å². The third-order valence-corrected chi connectivity index (χ3v) is 4.21. The number of carbonyl (C=O) groups excluding carboxylic acids is 1. The Kier molecular flexibility index (Phi) is 2.70. The van der Waals surface area contributed by atoms with E-state index in [0.717, 1.165) is 11.4 Å². The van der Waals surface area contributed by atoms with Crippen LogP contribution in [0, 0.1) is 0 Å². The van der Waals surface area contributed by atoms with Crippen molar-refractivity contribution in [1.29, 1.82) is 0 Å². The van der Waals surface area contributed by atoms with Gasteiger partial charge in [0.25, 0.3) is 0 Å². The second kappa shape index (κ2) is 4.24. The molecule has 1 aliphatic rings. The number of amides is 1. The highest BCUT2D eigenvalue weighted by Crippen LogP contribution is 2.39. The van der Waals surface area contributed by atoms with Gasteiger partial charge in [0.2, 0.25) is 5.91 Å². The average molecular weight is 261 g/mol. The molecule has 0 saturated heterocycles. The minimum Gasteiger partial charge on any atom is -0.311 e. The molecule has 1 N–H and O–H groups in total. The Labute approximate surface area is 110 Å². The van der Waals surface area contributed by atoms with E-state index in [1.54, 1.807) is 11.3 Å². The van der Waals surface area contributed by atoms with Crippen LogP contribution in [0.2, 0.25) is 0 Å². The zero-order chi connectivity index (χ0) is 12.7. The molecule has 2 aromatic rings. The lowest BCUT2D eigenvalue weighted by atomic mass is 9.93. The highest BCUT2D eigenvalue weighted by molar-refractivity contribution is 7.10. The van der Waals surface area contributed by atoms with Gasteiger partial charge in [0.05, 0.1) is 6.20 Å². The SMILES string of the molecule is CC(C)n1ncc2c1NC(=O)C[C@@H]2c1cccs1. The first kappa shape index (κ1) is 11.5. The van der Waals surface area contributed by atoms with E-state index in [-0.39, 0.29) is 17.9 Å². The third kappa shape index (κ3) is 1.75. The topological polar surface area (TPSA) is 46.9 Å². The summed E-state index contributed by atoms with van der Waals surface area (Å²) < 4.78 is 1.88. The van der Waals surface area contributed by atoms with Crippen LogP contribution >= 0.6 is 11.3 Å². The number of nitrogens with one attached hydrogen (secondary N) is 1. The first-order chi connectivity index (χ1) is 8.66. The van der Waals surface area contributed by atoms with Gasteiger partial charge >= 0.3 is 0 Å². The molecule has 2 aromatic heterocycles. The molecule has 18 heavy (non-hydrogen) atoms. The molecule has 0 spiro atoms. The highest BCUT2D eigenvalue weighted by Gasteiger charge is 2.30. The second-order valence-corrected chi connectivity index (χ2v) is 5.79. The summed E-state index contributed by atoms with van der Waals surface area (Å²) in [5, 5.41) is 9.40. The fourth-order valence-electron chi connectivity index (χ4n) is 2.37. The van der Waals surface area contributed by atoms with Crippen LogP contribution < -0.4 is 5.32 Å². The molecule has 0 aromatic carbocycles. The molecule has 0 bridgehead atoms. The van der Waals surface area contributed by atoms with Gasteiger partial charge < -0.3 is 5.32 Å². The van der Waals surface area contributed by atoms with Crippen molar-refractivity contribution in [3.05, 3.63) is 34.2 Å². The summed E-state index contributed by atoms with van der Waals surface area (Å²) in [5.74, 6) is 1.09. The second-order valence-electron chi connectivity index (χ2n) is 4.81. The minimum absolute atomic E-state index is 0.0725. The normalized spacial score (nSPS) is 18.8. The van der Waals surface area contributed by atoms with Gasteiger partial charge in [0.1, 0.15) is 5.82 Å². The van der Waals surface area contributed by atoms with Crippen molar-refractivity contribution in [1.82, 2.24) is 9.78 Å². The fraction of sp³-hybridized carbons (Fsp3) is 0.385. The van der Waals surface area contributed by atoms with Gasteiger partial charge in [-0.15, -0.1) is 11.3 Å². The third-order valence-electron chi connectivity index (χ3n) is 3.22. The predicted octanol–water partition coefficient (Wildman–Crippen LogP) is 3.00. The van der Waals surface area contributed by atoms with Gasteiger partial charge in [-0.2, -0.15) is 5.10 Å². The Hall–Kier alpha value is -1.62. The quantitative estimate of drug-likeness (QED) is 0.903. The summed E-state index contributed by atoms with van der Waals surface area (Å²) in [6.45, 7) is 4.13. The summed E-state index contributed by atoms with van der Waals surface area (Å²) in [6, 6.07) is 4.36. The van der Waals surface area contributed by atoms with E-state index in [2.05, 4.69) is 30.3 Å². The summed E-state index contributed by atoms with van der Waals surface area (Å²) in [4.78, 5) is 13.1.